The van der Waals surface area contributed by atoms with E-state index in [2.05, 4.69) is 37.9 Å². The van der Waals surface area contributed by atoms with E-state index in [1.165, 1.54) is 78.2 Å². The zero-order valence-corrected chi connectivity index (χ0v) is 82.6. The summed E-state index contributed by atoms with van der Waals surface area (Å²) in [6.45, 7) is 54.6. The first-order chi connectivity index (χ1) is 56.1. The Morgan fingerprint density at radius 3 is 0.721 bits per heavy atom. The molecule has 0 amide bonds. The Kier molecular flexibility index (Phi) is 71.6. The highest BCUT2D eigenvalue weighted by Crippen LogP contribution is 2.33. The van der Waals surface area contributed by atoms with E-state index in [1.54, 1.807) is 27.7 Å². The maximum atomic E-state index is 12.1. The third-order valence-corrected chi connectivity index (χ3v) is 21.2. The quantitative estimate of drug-likeness (QED) is 0.0432. The van der Waals surface area contributed by atoms with E-state index in [0.717, 1.165) is 18.4 Å². The molecule has 1 aromatic carbocycles. The van der Waals surface area contributed by atoms with Gasteiger partial charge in [-0.15, -0.1) is 0 Å². The Morgan fingerprint density at radius 2 is 0.492 bits per heavy atom. The number of carbonyl (C=O) groups excluding carboxylic acids is 16. The molecule has 0 aliphatic carbocycles. The van der Waals surface area contributed by atoms with E-state index in [4.69, 9.17) is 14.2 Å². The molecule has 0 bridgehead atoms. The number of hydrogen-bond donors (Lipinski definition) is 0. The van der Waals surface area contributed by atoms with Gasteiger partial charge in [-0.2, -0.15) is 0 Å². The minimum Gasteiger partial charge on any atom is -0.469 e. The van der Waals surface area contributed by atoms with E-state index in [-0.39, 0.29) is 252 Å². The molecule has 0 N–H and O–H groups in total. The van der Waals surface area contributed by atoms with Crippen LogP contribution in [-0.4, -0.2) is 190 Å². The molecule has 27 nitrogen and oxygen atoms in total. The van der Waals surface area contributed by atoms with Crippen molar-refractivity contribution in [3.05, 3.63) is 35.9 Å². The third kappa shape index (κ3) is 54.8. The molecule has 122 heavy (non-hydrogen) atoms. The Morgan fingerprint density at radius 1 is 0.270 bits per heavy atom. The summed E-state index contributed by atoms with van der Waals surface area (Å²) in [6, 6.07) is 9.36. The lowest BCUT2D eigenvalue weighted by Gasteiger charge is -2.32. The second-order valence-electron chi connectivity index (χ2n) is 34.9. The smallest absolute Gasteiger partial charge is 0.306 e. The topological polar surface area (TPSA) is 375 Å². The molecular weight excluding hydrogens is 1570 g/mol. The van der Waals surface area contributed by atoms with Crippen molar-refractivity contribution < 1.29 is 129 Å². The Bertz CT molecular complexity index is 3030. The first-order valence-corrected chi connectivity index (χ1v) is 42.7. The zero-order chi connectivity index (χ0) is 97.3. The number of hydrogen-bond acceptors (Lipinski definition) is 27. The van der Waals surface area contributed by atoms with Gasteiger partial charge in [-0.1, -0.05) is 216 Å². The molecule has 0 aromatic heterocycles. The van der Waals surface area contributed by atoms with Crippen LogP contribution in [0.1, 0.15) is 276 Å². The molecule has 0 unspecified atom stereocenters. The van der Waals surface area contributed by atoms with Gasteiger partial charge in [0.25, 0.3) is 0 Å². The van der Waals surface area contributed by atoms with E-state index in [9.17, 15) is 76.7 Å². The van der Waals surface area contributed by atoms with Gasteiger partial charge in [-0.25, -0.2) is 0 Å². The molecule has 0 radical (unpaired) electrons. The number of ketones is 8. The van der Waals surface area contributed by atoms with Crippen LogP contribution in [-0.2, 0) is 129 Å². The predicted octanol–water partition coefficient (Wildman–Crippen LogP) is 16.6. The average Bonchev–Trinajstić information content (AvgIpc) is 0.836. The highest BCUT2D eigenvalue weighted by Gasteiger charge is 2.40. The highest BCUT2D eigenvalue weighted by atomic mass is 16.6. The van der Waals surface area contributed by atoms with Crippen molar-refractivity contribution in [2.24, 2.45) is 112 Å². The summed E-state index contributed by atoms with van der Waals surface area (Å²) in [6.07, 6.45) is 2.42. The summed E-state index contributed by atoms with van der Waals surface area (Å²) >= 11 is 0. The lowest BCUT2D eigenvalue weighted by Crippen LogP contribution is -2.42. The van der Waals surface area contributed by atoms with E-state index < -0.39 is 29.3 Å². The normalized spacial score (nSPS) is 14.0. The summed E-state index contributed by atoms with van der Waals surface area (Å²) in [5, 5.41) is 0. The lowest BCUT2D eigenvalue weighted by molar-refractivity contribution is -0.151. The molecule has 0 saturated carbocycles. The van der Waals surface area contributed by atoms with Gasteiger partial charge in [0.05, 0.1) is 150 Å². The van der Waals surface area contributed by atoms with Crippen molar-refractivity contribution >= 4 is 94.0 Å². The van der Waals surface area contributed by atoms with Crippen molar-refractivity contribution in [2.75, 3.05) is 78.2 Å². The number of esters is 8. The second kappa shape index (κ2) is 68.6. The predicted molar refractivity (Wildman–Crippen MR) is 473 cm³/mol. The first-order valence-electron chi connectivity index (χ1n) is 42.7. The molecule has 0 heterocycles. The number of rotatable bonds is 44. The third-order valence-electron chi connectivity index (χ3n) is 21.2. The van der Waals surface area contributed by atoms with Crippen LogP contribution in [0.2, 0.25) is 0 Å². The van der Waals surface area contributed by atoms with Crippen LogP contribution >= 0.6 is 0 Å². The summed E-state index contributed by atoms with van der Waals surface area (Å²) < 4.78 is 52.3. The Balaban J connectivity index is -0.000000248. The molecule has 0 aliphatic heterocycles. The molecule has 27 heteroatoms. The second-order valence-corrected chi connectivity index (χ2v) is 34.9. The fourth-order valence-corrected chi connectivity index (χ4v) is 11.9. The zero-order valence-electron chi connectivity index (χ0n) is 82.6. The van der Waals surface area contributed by atoms with Crippen LogP contribution in [0.4, 0.5) is 0 Å². The monoisotopic (exact) mass is 1740 g/mol. The van der Waals surface area contributed by atoms with Crippen molar-refractivity contribution in [3.63, 3.8) is 0 Å². The summed E-state index contributed by atoms with van der Waals surface area (Å²) in [7, 11) is 15.3. The first kappa shape index (κ1) is 127. The van der Waals surface area contributed by atoms with Gasteiger partial charge in [0.2, 0.25) is 0 Å². The standard InChI is InChI=1S/C14H18O3.C12H22O4.3C12H22O3.2C11H20O4.C11H20O3/c1-10(2)14(16)12(9-13(15)17-3)11-7-5-4-6-8-11;1-8(2)11(14)9(7-10(13)15-5)12(3,4)16-6;1-8(2)11(14)9(12(3,4)5)7-10(13)15-6;2*1-6-9(4)10(7-11(13)15-5)12(14)8(2)3;2*1-7(2)11(13)9(8(3)14-4)6-10(12)15-5;1-7(2)9(6-10(12)14-5)11(13)8(3)4/h4-8,10,12H,9H2,1-3H3;8-9H,7H2,1-6H3;8-9H,7H2,1-6H3;2*8-10H,6-7H2,1-5H3;2*7-9H,6H2,1-5H3;7-9H,6H2,1-5H3/t12-;2*9-;9-,10+;9-,10-;8-,9+;8-,9-;9-/m01110100/s1. The van der Waals surface area contributed by atoms with Crippen LogP contribution in [0.3, 0.4) is 0 Å². The molecule has 708 valence electrons. The maximum absolute atomic E-state index is 12.1. The van der Waals surface area contributed by atoms with E-state index >= 15 is 0 Å². The minimum absolute atomic E-state index is 0.0198. The van der Waals surface area contributed by atoms with Gasteiger partial charge in [0, 0.05) is 92.3 Å². The number of ether oxygens (including phenoxy) is 11. The van der Waals surface area contributed by atoms with Gasteiger partial charge in [0.1, 0.15) is 46.3 Å². The van der Waals surface area contributed by atoms with Crippen LogP contribution in [0.25, 0.3) is 0 Å². The van der Waals surface area contributed by atoms with E-state index in [0.29, 0.717) is 0 Å². The van der Waals surface area contributed by atoms with Gasteiger partial charge in [0.15, 0.2) is 0 Å². The molecule has 0 aliphatic rings. The largest absolute Gasteiger partial charge is 0.469 e. The van der Waals surface area contributed by atoms with Crippen LogP contribution in [0.5, 0.6) is 0 Å². The fourth-order valence-electron chi connectivity index (χ4n) is 11.9. The Hall–Kier alpha value is -7.78. The van der Waals surface area contributed by atoms with Crippen molar-refractivity contribution in [1.82, 2.24) is 0 Å². The highest BCUT2D eigenvalue weighted by molar-refractivity contribution is 5.93. The molecule has 0 saturated heterocycles. The van der Waals surface area contributed by atoms with Crippen molar-refractivity contribution in [2.45, 2.75) is 289 Å². The van der Waals surface area contributed by atoms with Crippen LogP contribution in [0.15, 0.2) is 30.3 Å². The number of benzene rings is 1. The maximum Gasteiger partial charge on any atom is 0.306 e. The summed E-state index contributed by atoms with van der Waals surface area (Å²) in [5.41, 5.74) is 0.0158. The van der Waals surface area contributed by atoms with Crippen molar-refractivity contribution in [3.8, 4) is 0 Å². The summed E-state index contributed by atoms with van der Waals surface area (Å²) in [5.74, 6) is -4.35. The molecule has 1 aromatic rings. The van der Waals surface area contributed by atoms with Crippen LogP contribution in [0, 0.1) is 112 Å². The van der Waals surface area contributed by atoms with Gasteiger partial charge < -0.3 is 52.1 Å². The fraction of sp³-hybridized carbons (Fsp3) is 0.768. The van der Waals surface area contributed by atoms with Gasteiger partial charge in [-0.05, 0) is 56.4 Å². The molecule has 0 spiro atoms. The van der Waals surface area contributed by atoms with Gasteiger partial charge >= 0.3 is 47.8 Å². The molecule has 12 atom stereocenters. The van der Waals surface area contributed by atoms with Crippen LogP contribution < -0.4 is 0 Å². The number of Topliss-reactive ketones (excluding diaryl/α,β-unsaturated/α-hetero) is 8. The molecule has 0 fully saturated rings. The molecule has 1 rings (SSSR count). The number of methoxy groups -OCH3 is 11. The number of carbonyl (C=O) groups is 16. The SMILES string of the molecule is CC[C@@H](C)[C@H](CC(=O)OC)C(=O)C(C)C.CC[C@H](C)[C@H](CC(=O)OC)C(=O)C(C)C.COC(=O)C[C@H](C(=O)C(C)C)C(C)(C)C.COC(=O)C[C@H](C(=O)C(C)C)C(C)(C)OC.COC(=O)C[C@H](C(=O)C(C)C)C(C)C.COC(=O)C[C@H](C(=O)C(C)C)[C@@H](C)OC.COC(=O)C[C@H](C(=O)C(C)C)[C@H](C)OC.COC(=O)C[C@H](C(=O)C(C)C)c1ccccc1. The Labute approximate surface area is 734 Å². The van der Waals surface area contributed by atoms with Gasteiger partial charge in [-0.3, -0.25) is 76.7 Å². The minimum atomic E-state index is -0.657. The lowest BCUT2D eigenvalue weighted by atomic mass is 9.74. The average molecular weight is 1740 g/mol. The van der Waals surface area contributed by atoms with Crippen molar-refractivity contribution in [1.29, 1.82) is 0 Å². The molecular formula is C95H166O27. The summed E-state index contributed by atoms with van der Waals surface area (Å²) in [4.78, 5) is 185. The van der Waals surface area contributed by atoms with E-state index in [1.807, 2.05) is 203 Å².